The summed E-state index contributed by atoms with van der Waals surface area (Å²) in [5.41, 5.74) is 5.35. The molecule has 2 aromatic carbocycles. The number of carbonyl (C=O) groups excluding carboxylic acids is 1. The summed E-state index contributed by atoms with van der Waals surface area (Å²) in [6.45, 7) is 11.7. The molecule has 0 aliphatic rings. The molecule has 0 unspecified atom stereocenters. The molecule has 0 atom stereocenters. The molecule has 5 nitrogen and oxygen atoms in total. The van der Waals surface area contributed by atoms with E-state index in [-0.39, 0.29) is 0 Å². The van der Waals surface area contributed by atoms with Gasteiger partial charge < -0.3 is 10.1 Å². The van der Waals surface area contributed by atoms with Crippen molar-refractivity contribution in [1.82, 2.24) is 4.98 Å². The molecular formula is C25H28ClN3O2. The van der Waals surface area contributed by atoms with Gasteiger partial charge in [-0.2, -0.15) is 0 Å². The average Bonchev–Trinajstić information content (AvgIpc) is 2.65. The Morgan fingerprint density at radius 3 is 2.19 bits per heavy atom. The predicted octanol–water partition coefficient (Wildman–Crippen LogP) is 7.48. The zero-order valence-electron chi connectivity index (χ0n) is 18.8. The van der Waals surface area contributed by atoms with Gasteiger partial charge in [-0.1, -0.05) is 29.3 Å². The summed E-state index contributed by atoms with van der Waals surface area (Å²) in [5.74, 6) is 0.448. The molecule has 0 saturated carbocycles. The van der Waals surface area contributed by atoms with E-state index >= 15 is 0 Å². The van der Waals surface area contributed by atoms with Crippen molar-refractivity contribution in [3.8, 4) is 0 Å². The lowest BCUT2D eigenvalue weighted by Crippen LogP contribution is -2.34. The van der Waals surface area contributed by atoms with Crippen LogP contribution in [0.4, 0.5) is 27.7 Å². The van der Waals surface area contributed by atoms with Gasteiger partial charge in [0.1, 0.15) is 11.4 Å². The largest absolute Gasteiger partial charge is 0.443 e. The number of carbonyl (C=O) groups is 1. The normalized spacial score (nSPS) is 11.2. The van der Waals surface area contributed by atoms with Crippen molar-refractivity contribution in [2.24, 2.45) is 0 Å². The van der Waals surface area contributed by atoms with Crippen molar-refractivity contribution < 1.29 is 9.53 Å². The highest BCUT2D eigenvalue weighted by molar-refractivity contribution is 6.30. The third-order valence-electron chi connectivity index (χ3n) is 4.58. The number of anilines is 4. The van der Waals surface area contributed by atoms with Crippen molar-refractivity contribution in [2.75, 3.05) is 10.2 Å². The van der Waals surface area contributed by atoms with Gasteiger partial charge in [0, 0.05) is 28.7 Å². The fourth-order valence-corrected chi connectivity index (χ4v) is 3.49. The Kier molecular flexibility index (Phi) is 6.56. The number of hydrogen-bond acceptors (Lipinski definition) is 4. The van der Waals surface area contributed by atoms with Gasteiger partial charge in [-0.25, -0.2) is 14.7 Å². The van der Waals surface area contributed by atoms with Gasteiger partial charge in [-0.3, -0.25) is 0 Å². The van der Waals surface area contributed by atoms with Gasteiger partial charge in [0.2, 0.25) is 0 Å². The summed E-state index contributed by atoms with van der Waals surface area (Å²) in [6, 6.07) is 15.0. The summed E-state index contributed by atoms with van der Waals surface area (Å²) in [5, 5.41) is 4.06. The van der Waals surface area contributed by atoms with Crippen LogP contribution in [0.2, 0.25) is 5.02 Å². The van der Waals surface area contributed by atoms with Gasteiger partial charge in [0.15, 0.2) is 0 Å². The number of nitrogens with zero attached hydrogens (tertiary/aromatic N) is 2. The standard InChI is InChI=1S/C25H28ClN3O2/c1-16-13-17(2)23(18(3)14-16)28-20-11-12-27-22(15-20)29(24(30)31-25(4,5)6)21-9-7-19(26)8-10-21/h7-15H,1-6H3,(H,27,28). The molecule has 3 rings (SSSR count). The molecule has 0 aliphatic carbocycles. The van der Waals surface area contributed by atoms with Crippen LogP contribution in [0.5, 0.6) is 0 Å². The van der Waals surface area contributed by atoms with E-state index in [0.717, 1.165) is 22.5 Å². The van der Waals surface area contributed by atoms with Crippen LogP contribution in [-0.4, -0.2) is 16.7 Å². The first-order chi connectivity index (χ1) is 14.5. The van der Waals surface area contributed by atoms with E-state index in [1.807, 2.05) is 32.9 Å². The number of benzene rings is 2. The highest BCUT2D eigenvalue weighted by Crippen LogP contribution is 2.31. The van der Waals surface area contributed by atoms with Crippen LogP contribution in [0.3, 0.4) is 0 Å². The van der Waals surface area contributed by atoms with Crippen molar-refractivity contribution in [3.05, 3.63) is 76.4 Å². The molecule has 0 aliphatic heterocycles. The molecule has 0 radical (unpaired) electrons. The first-order valence-electron chi connectivity index (χ1n) is 10.1. The topological polar surface area (TPSA) is 54.5 Å². The van der Waals surface area contributed by atoms with Gasteiger partial charge in [-0.15, -0.1) is 0 Å². The second-order valence-electron chi connectivity index (χ2n) is 8.59. The number of rotatable bonds is 4. The minimum Gasteiger partial charge on any atom is -0.443 e. The van der Waals surface area contributed by atoms with Crippen molar-refractivity contribution >= 4 is 40.6 Å². The average molecular weight is 438 g/mol. The summed E-state index contributed by atoms with van der Waals surface area (Å²) >= 11 is 6.04. The summed E-state index contributed by atoms with van der Waals surface area (Å²) in [4.78, 5) is 19.0. The Morgan fingerprint density at radius 1 is 1.00 bits per heavy atom. The molecule has 1 N–H and O–H groups in total. The van der Waals surface area contributed by atoms with E-state index in [1.165, 1.54) is 10.5 Å². The molecule has 1 amide bonds. The van der Waals surface area contributed by atoms with Crippen LogP contribution >= 0.6 is 11.6 Å². The molecule has 1 aromatic heterocycles. The van der Waals surface area contributed by atoms with Crippen LogP contribution in [0.15, 0.2) is 54.7 Å². The summed E-state index contributed by atoms with van der Waals surface area (Å²) in [7, 11) is 0. The molecule has 162 valence electrons. The second kappa shape index (κ2) is 8.98. The smallest absolute Gasteiger partial charge is 0.420 e. The monoisotopic (exact) mass is 437 g/mol. The van der Waals surface area contributed by atoms with Crippen LogP contribution in [-0.2, 0) is 4.74 Å². The van der Waals surface area contributed by atoms with Crippen LogP contribution in [0.1, 0.15) is 37.5 Å². The highest BCUT2D eigenvalue weighted by Gasteiger charge is 2.26. The van der Waals surface area contributed by atoms with E-state index < -0.39 is 11.7 Å². The molecule has 31 heavy (non-hydrogen) atoms. The number of halogens is 1. The Balaban J connectivity index is 2.00. The van der Waals surface area contributed by atoms with Crippen LogP contribution in [0, 0.1) is 20.8 Å². The molecule has 6 heteroatoms. The molecular weight excluding hydrogens is 410 g/mol. The predicted molar refractivity (Wildman–Crippen MR) is 128 cm³/mol. The van der Waals surface area contributed by atoms with E-state index in [2.05, 4.69) is 43.2 Å². The number of aromatic nitrogens is 1. The first kappa shape index (κ1) is 22.6. The van der Waals surface area contributed by atoms with Crippen LogP contribution < -0.4 is 10.2 Å². The lowest BCUT2D eigenvalue weighted by atomic mass is 10.0. The lowest BCUT2D eigenvalue weighted by Gasteiger charge is -2.27. The summed E-state index contributed by atoms with van der Waals surface area (Å²) in [6.07, 6.45) is 1.16. The summed E-state index contributed by atoms with van der Waals surface area (Å²) < 4.78 is 5.64. The highest BCUT2D eigenvalue weighted by atomic mass is 35.5. The first-order valence-corrected chi connectivity index (χ1v) is 10.5. The Morgan fingerprint density at radius 2 is 1.61 bits per heavy atom. The number of ether oxygens (including phenoxy) is 1. The fraction of sp³-hybridized carbons (Fsp3) is 0.280. The maximum absolute atomic E-state index is 13.1. The maximum Gasteiger partial charge on any atom is 0.420 e. The van der Waals surface area contributed by atoms with E-state index in [9.17, 15) is 4.79 Å². The Labute approximate surface area is 189 Å². The van der Waals surface area contributed by atoms with Gasteiger partial charge >= 0.3 is 6.09 Å². The zero-order valence-corrected chi connectivity index (χ0v) is 19.5. The zero-order chi connectivity index (χ0) is 22.8. The number of amides is 1. The molecule has 1 heterocycles. The van der Waals surface area contributed by atoms with Crippen molar-refractivity contribution in [1.29, 1.82) is 0 Å². The molecule has 0 saturated heterocycles. The third kappa shape index (κ3) is 5.76. The van der Waals surface area contributed by atoms with Crippen molar-refractivity contribution in [3.63, 3.8) is 0 Å². The SMILES string of the molecule is Cc1cc(C)c(Nc2ccnc(N(C(=O)OC(C)(C)C)c3ccc(Cl)cc3)c2)c(C)c1. The van der Waals surface area contributed by atoms with E-state index in [0.29, 0.717) is 16.5 Å². The lowest BCUT2D eigenvalue weighted by molar-refractivity contribution is 0.0598. The Hall–Kier alpha value is -3.05. The number of pyridine rings is 1. The fourth-order valence-electron chi connectivity index (χ4n) is 3.37. The number of nitrogens with one attached hydrogen (secondary N) is 1. The molecule has 3 aromatic rings. The second-order valence-corrected chi connectivity index (χ2v) is 9.03. The third-order valence-corrected chi connectivity index (χ3v) is 4.83. The van der Waals surface area contributed by atoms with E-state index in [4.69, 9.17) is 16.3 Å². The molecule has 0 fully saturated rings. The quantitative estimate of drug-likeness (QED) is 0.459. The number of hydrogen-bond donors (Lipinski definition) is 1. The van der Waals surface area contributed by atoms with Crippen molar-refractivity contribution in [2.45, 2.75) is 47.1 Å². The van der Waals surface area contributed by atoms with Gasteiger partial charge in [-0.05, 0) is 83.0 Å². The Bertz CT molecular complexity index is 1070. The molecule has 0 spiro atoms. The van der Waals surface area contributed by atoms with E-state index in [1.54, 1.807) is 30.5 Å². The maximum atomic E-state index is 13.1. The minimum atomic E-state index is -0.645. The molecule has 0 bridgehead atoms. The van der Waals surface area contributed by atoms with Gasteiger partial charge in [0.25, 0.3) is 0 Å². The number of aryl methyl sites for hydroxylation is 3. The van der Waals surface area contributed by atoms with Gasteiger partial charge in [0.05, 0.1) is 5.69 Å². The van der Waals surface area contributed by atoms with Crippen LogP contribution in [0.25, 0.3) is 0 Å². The minimum absolute atomic E-state index is 0.448.